The molecule has 0 saturated carbocycles. The van der Waals surface area contributed by atoms with Crippen molar-refractivity contribution in [3.63, 3.8) is 0 Å². The predicted molar refractivity (Wildman–Crippen MR) is 58.4 cm³/mol. The molecule has 0 saturated heterocycles. The van der Waals surface area contributed by atoms with E-state index in [4.69, 9.17) is 10.3 Å². The van der Waals surface area contributed by atoms with Crippen molar-refractivity contribution >= 4 is 15.8 Å². The van der Waals surface area contributed by atoms with Gasteiger partial charge in [0, 0.05) is 6.54 Å². The van der Waals surface area contributed by atoms with E-state index in [9.17, 15) is 8.42 Å². The Morgan fingerprint density at radius 2 is 2.00 bits per heavy atom. The molecule has 4 N–H and O–H groups in total. The second kappa shape index (κ2) is 5.11. The molecule has 0 amide bonds. The van der Waals surface area contributed by atoms with Crippen LogP contribution >= 0.6 is 0 Å². The minimum atomic E-state index is -4.16. The number of para-hydroxylation sites is 1. The minimum absolute atomic E-state index is 0.109. The molecule has 0 aromatic heterocycles. The first-order valence-electron chi connectivity index (χ1n) is 4.56. The second-order valence-electron chi connectivity index (χ2n) is 3.04. The molecule has 1 aromatic rings. The lowest BCUT2D eigenvalue weighted by Gasteiger charge is -2.08. The van der Waals surface area contributed by atoms with Gasteiger partial charge in [0.1, 0.15) is 4.90 Å². The first kappa shape index (κ1) is 12.0. The largest absolute Gasteiger partial charge is 0.384 e. The van der Waals surface area contributed by atoms with E-state index in [1.165, 1.54) is 6.07 Å². The second-order valence-corrected chi connectivity index (χ2v) is 4.43. The van der Waals surface area contributed by atoms with Crippen molar-refractivity contribution in [1.29, 1.82) is 0 Å². The Bertz CT molecular complexity index is 417. The van der Waals surface area contributed by atoms with Crippen LogP contribution in [-0.2, 0) is 10.1 Å². The monoisotopic (exact) mass is 230 g/mol. The van der Waals surface area contributed by atoms with E-state index in [0.717, 1.165) is 6.42 Å². The van der Waals surface area contributed by atoms with Crippen LogP contribution in [0.5, 0.6) is 0 Å². The quantitative estimate of drug-likeness (QED) is 0.511. The summed E-state index contributed by atoms with van der Waals surface area (Å²) in [4.78, 5) is -0.109. The fourth-order valence-corrected chi connectivity index (χ4v) is 1.83. The lowest BCUT2D eigenvalue weighted by atomic mass is 10.3. The van der Waals surface area contributed by atoms with E-state index >= 15 is 0 Å². The van der Waals surface area contributed by atoms with Crippen molar-refractivity contribution in [3.05, 3.63) is 24.3 Å². The van der Waals surface area contributed by atoms with Crippen molar-refractivity contribution in [2.75, 3.05) is 18.4 Å². The molecular formula is C9H14N2O3S. The van der Waals surface area contributed by atoms with Gasteiger partial charge in [0.05, 0.1) is 5.69 Å². The fraction of sp³-hybridized carbons (Fsp3) is 0.333. The van der Waals surface area contributed by atoms with Gasteiger partial charge in [-0.15, -0.1) is 0 Å². The van der Waals surface area contributed by atoms with Gasteiger partial charge in [-0.25, -0.2) is 0 Å². The van der Waals surface area contributed by atoms with Gasteiger partial charge in [0.25, 0.3) is 10.1 Å². The standard InChI is InChI=1S/C9H14N2O3S/c10-6-3-7-11-8-4-1-2-5-9(8)15(12,13)14/h1-2,4-5,11H,3,6-7,10H2,(H,12,13,14). The SMILES string of the molecule is NCCCNc1ccccc1S(=O)(=O)O. The fourth-order valence-electron chi connectivity index (χ4n) is 1.16. The lowest BCUT2D eigenvalue weighted by Crippen LogP contribution is -2.11. The molecule has 0 radical (unpaired) electrons. The Morgan fingerprint density at radius 1 is 1.33 bits per heavy atom. The van der Waals surface area contributed by atoms with Crippen LogP contribution in [0.1, 0.15) is 6.42 Å². The molecule has 84 valence electrons. The third-order valence-electron chi connectivity index (χ3n) is 1.86. The molecule has 0 spiro atoms. The van der Waals surface area contributed by atoms with E-state index in [-0.39, 0.29) is 4.90 Å². The molecule has 5 nitrogen and oxygen atoms in total. The molecule has 0 aliphatic carbocycles. The van der Waals surface area contributed by atoms with E-state index in [0.29, 0.717) is 18.8 Å². The van der Waals surface area contributed by atoms with Crippen LogP contribution in [0.2, 0.25) is 0 Å². The van der Waals surface area contributed by atoms with Crippen molar-refractivity contribution in [1.82, 2.24) is 0 Å². The normalized spacial score (nSPS) is 11.3. The highest BCUT2D eigenvalue weighted by atomic mass is 32.2. The third kappa shape index (κ3) is 3.50. The Labute approximate surface area is 89.0 Å². The molecule has 0 atom stereocenters. The maximum Gasteiger partial charge on any atom is 0.296 e. The Morgan fingerprint density at radius 3 is 2.60 bits per heavy atom. The summed E-state index contributed by atoms with van der Waals surface area (Å²) in [6.07, 6.45) is 0.736. The molecule has 0 heterocycles. The zero-order valence-electron chi connectivity index (χ0n) is 8.18. The maximum atomic E-state index is 11.0. The zero-order valence-corrected chi connectivity index (χ0v) is 9.00. The Hall–Kier alpha value is -1.11. The van der Waals surface area contributed by atoms with E-state index in [1.807, 2.05) is 0 Å². The van der Waals surface area contributed by atoms with Crippen LogP contribution in [0.25, 0.3) is 0 Å². The number of nitrogens with one attached hydrogen (secondary N) is 1. The first-order chi connectivity index (χ1) is 7.05. The lowest BCUT2D eigenvalue weighted by molar-refractivity contribution is 0.483. The summed E-state index contributed by atoms with van der Waals surface area (Å²) in [6, 6.07) is 6.19. The highest BCUT2D eigenvalue weighted by Crippen LogP contribution is 2.19. The summed E-state index contributed by atoms with van der Waals surface area (Å²) in [5, 5.41) is 2.90. The molecule has 0 bridgehead atoms. The van der Waals surface area contributed by atoms with E-state index < -0.39 is 10.1 Å². The van der Waals surface area contributed by atoms with Crippen LogP contribution in [0.3, 0.4) is 0 Å². The van der Waals surface area contributed by atoms with Gasteiger partial charge in [-0.3, -0.25) is 4.55 Å². The van der Waals surface area contributed by atoms with Crippen molar-refractivity contribution in [3.8, 4) is 0 Å². The number of benzene rings is 1. The number of rotatable bonds is 5. The highest BCUT2D eigenvalue weighted by Gasteiger charge is 2.13. The van der Waals surface area contributed by atoms with Crippen molar-refractivity contribution < 1.29 is 13.0 Å². The topological polar surface area (TPSA) is 92.4 Å². The summed E-state index contributed by atoms with van der Waals surface area (Å²) in [5.41, 5.74) is 5.71. The van der Waals surface area contributed by atoms with Gasteiger partial charge in [0.2, 0.25) is 0 Å². The number of hydrogen-bond acceptors (Lipinski definition) is 4. The molecule has 1 aromatic carbocycles. The van der Waals surface area contributed by atoms with Crippen molar-refractivity contribution in [2.45, 2.75) is 11.3 Å². The molecule has 0 unspecified atom stereocenters. The molecule has 1 rings (SSSR count). The molecule has 6 heteroatoms. The van der Waals surface area contributed by atoms with Gasteiger partial charge in [-0.2, -0.15) is 8.42 Å². The van der Waals surface area contributed by atoms with Gasteiger partial charge >= 0.3 is 0 Å². The predicted octanol–water partition coefficient (Wildman–Crippen LogP) is 0.694. The van der Waals surface area contributed by atoms with E-state index in [1.54, 1.807) is 18.2 Å². The average molecular weight is 230 g/mol. The summed E-state index contributed by atoms with van der Waals surface area (Å²) < 4.78 is 30.9. The molecular weight excluding hydrogens is 216 g/mol. The summed E-state index contributed by atoms with van der Waals surface area (Å²) in [6.45, 7) is 1.10. The first-order valence-corrected chi connectivity index (χ1v) is 6.00. The number of anilines is 1. The Balaban J connectivity index is 2.88. The third-order valence-corrected chi connectivity index (χ3v) is 2.77. The number of nitrogens with two attached hydrogens (primary N) is 1. The van der Waals surface area contributed by atoms with Crippen molar-refractivity contribution in [2.24, 2.45) is 5.73 Å². The number of hydrogen-bond donors (Lipinski definition) is 3. The molecule has 0 aliphatic heterocycles. The summed E-state index contributed by atoms with van der Waals surface area (Å²) in [7, 11) is -4.16. The smallest absolute Gasteiger partial charge is 0.296 e. The highest BCUT2D eigenvalue weighted by molar-refractivity contribution is 7.86. The molecule has 0 aliphatic rings. The van der Waals surface area contributed by atoms with Crippen LogP contribution in [-0.4, -0.2) is 26.1 Å². The minimum Gasteiger partial charge on any atom is -0.384 e. The average Bonchev–Trinajstić information content (AvgIpc) is 2.17. The molecule has 0 fully saturated rings. The summed E-state index contributed by atoms with van der Waals surface area (Å²) >= 11 is 0. The van der Waals surface area contributed by atoms with Gasteiger partial charge in [-0.1, -0.05) is 12.1 Å². The van der Waals surface area contributed by atoms with Gasteiger partial charge in [-0.05, 0) is 25.1 Å². The zero-order chi connectivity index (χ0) is 11.3. The Kier molecular flexibility index (Phi) is 4.07. The van der Waals surface area contributed by atoms with E-state index in [2.05, 4.69) is 5.32 Å². The van der Waals surface area contributed by atoms with Gasteiger partial charge < -0.3 is 11.1 Å². The van der Waals surface area contributed by atoms with Crippen LogP contribution in [0.4, 0.5) is 5.69 Å². The van der Waals surface area contributed by atoms with Crippen LogP contribution in [0, 0.1) is 0 Å². The maximum absolute atomic E-state index is 11.0. The summed E-state index contributed by atoms with van der Waals surface area (Å²) in [5.74, 6) is 0. The van der Waals surface area contributed by atoms with Crippen LogP contribution < -0.4 is 11.1 Å². The van der Waals surface area contributed by atoms with Crippen LogP contribution in [0.15, 0.2) is 29.2 Å². The molecule has 15 heavy (non-hydrogen) atoms. The van der Waals surface area contributed by atoms with Gasteiger partial charge in [0.15, 0.2) is 0 Å².